The molecule has 1 spiro atoms. The fourth-order valence-electron chi connectivity index (χ4n) is 4.67. The summed E-state index contributed by atoms with van der Waals surface area (Å²) in [4.78, 5) is 11.5. The monoisotopic (exact) mass is 494 g/mol. The molecule has 28 heavy (non-hydrogen) atoms. The Labute approximate surface area is 184 Å². The summed E-state index contributed by atoms with van der Waals surface area (Å²) in [5.74, 6) is 1.87. The Hall–Kier alpha value is -1.64. The van der Waals surface area contributed by atoms with Crippen LogP contribution in [0.5, 0.6) is 0 Å². The van der Waals surface area contributed by atoms with Gasteiger partial charge in [-0.05, 0) is 56.2 Å². The van der Waals surface area contributed by atoms with Crippen LogP contribution in [0.1, 0.15) is 49.1 Å². The second kappa shape index (κ2) is 8.80. The third-order valence-electron chi connectivity index (χ3n) is 6.10. The summed E-state index contributed by atoms with van der Waals surface area (Å²) in [5.41, 5.74) is 3.81. The van der Waals surface area contributed by atoms with E-state index in [9.17, 15) is 0 Å². The van der Waals surface area contributed by atoms with Gasteiger partial charge in [-0.15, -0.1) is 24.0 Å². The summed E-state index contributed by atoms with van der Waals surface area (Å²) < 4.78 is 1.89. The van der Waals surface area contributed by atoms with E-state index in [-0.39, 0.29) is 24.0 Å². The minimum Gasteiger partial charge on any atom is -0.352 e. The first-order valence-corrected chi connectivity index (χ1v) is 10.0. The van der Waals surface area contributed by atoms with Crippen molar-refractivity contribution in [3.05, 3.63) is 41.3 Å². The fraction of sp³-hybridized carbons (Fsp3) is 0.571. The number of rotatable bonds is 3. The van der Waals surface area contributed by atoms with E-state index in [0.29, 0.717) is 5.41 Å². The quantitative estimate of drug-likeness (QED) is 0.400. The minimum atomic E-state index is 0. The molecule has 3 heterocycles. The summed E-state index contributed by atoms with van der Waals surface area (Å²) in [6, 6.07) is 6.21. The Balaban J connectivity index is 0.00000225. The summed E-state index contributed by atoms with van der Waals surface area (Å²) in [5, 5.41) is 8.02. The van der Waals surface area contributed by atoms with Crippen molar-refractivity contribution in [2.45, 2.75) is 52.5 Å². The Morgan fingerprint density at radius 2 is 2.00 bits per heavy atom. The third-order valence-corrected chi connectivity index (χ3v) is 6.10. The summed E-state index contributed by atoms with van der Waals surface area (Å²) >= 11 is 0. The zero-order chi connectivity index (χ0) is 18.9. The molecule has 0 unspecified atom stereocenters. The molecular formula is C21H31IN6. The SMILES string of the molecule is CN=C(NCc1ccc(-n2nc(C)cc2C)nc1)N1CCC2(CCCC2)C1.I. The number of aromatic nitrogens is 3. The van der Waals surface area contributed by atoms with Gasteiger partial charge < -0.3 is 10.2 Å². The number of likely N-dealkylation sites (tertiary alicyclic amines) is 1. The van der Waals surface area contributed by atoms with Crippen molar-refractivity contribution in [2.24, 2.45) is 10.4 Å². The van der Waals surface area contributed by atoms with Crippen molar-refractivity contribution in [1.29, 1.82) is 0 Å². The molecule has 6 nitrogen and oxygen atoms in total. The van der Waals surface area contributed by atoms with E-state index in [1.165, 1.54) is 32.1 Å². The molecule has 2 aliphatic rings. The van der Waals surface area contributed by atoms with Crippen LogP contribution in [0.3, 0.4) is 0 Å². The number of halogens is 1. The van der Waals surface area contributed by atoms with Crippen molar-refractivity contribution in [1.82, 2.24) is 25.0 Å². The smallest absolute Gasteiger partial charge is 0.193 e. The number of nitrogens with zero attached hydrogens (tertiary/aromatic N) is 5. The van der Waals surface area contributed by atoms with Gasteiger partial charge in [0, 0.05) is 38.6 Å². The molecule has 0 amide bonds. The van der Waals surface area contributed by atoms with Gasteiger partial charge in [-0.25, -0.2) is 9.67 Å². The number of guanidine groups is 1. The highest BCUT2D eigenvalue weighted by Crippen LogP contribution is 2.45. The molecule has 152 valence electrons. The first-order chi connectivity index (χ1) is 13.1. The molecule has 7 heteroatoms. The van der Waals surface area contributed by atoms with E-state index in [2.05, 4.69) is 37.4 Å². The van der Waals surface area contributed by atoms with E-state index >= 15 is 0 Å². The van der Waals surface area contributed by atoms with Crippen LogP contribution >= 0.6 is 24.0 Å². The van der Waals surface area contributed by atoms with Crippen LogP contribution < -0.4 is 5.32 Å². The Bertz CT molecular complexity index is 820. The predicted octanol–water partition coefficient (Wildman–Crippen LogP) is 3.84. The highest BCUT2D eigenvalue weighted by Gasteiger charge is 2.41. The van der Waals surface area contributed by atoms with Gasteiger partial charge >= 0.3 is 0 Å². The number of nitrogens with one attached hydrogen (secondary N) is 1. The van der Waals surface area contributed by atoms with Crippen LogP contribution in [0.25, 0.3) is 5.82 Å². The Morgan fingerprint density at radius 3 is 2.61 bits per heavy atom. The average molecular weight is 494 g/mol. The van der Waals surface area contributed by atoms with Gasteiger partial charge in [-0.1, -0.05) is 18.9 Å². The van der Waals surface area contributed by atoms with Crippen molar-refractivity contribution in [2.75, 3.05) is 20.1 Å². The Morgan fingerprint density at radius 1 is 1.21 bits per heavy atom. The topological polar surface area (TPSA) is 58.3 Å². The second-order valence-electron chi connectivity index (χ2n) is 8.14. The lowest BCUT2D eigenvalue weighted by Crippen LogP contribution is -2.40. The van der Waals surface area contributed by atoms with Crippen LogP contribution in [0.2, 0.25) is 0 Å². The normalized spacial score (nSPS) is 18.5. The standard InChI is InChI=1S/C21H30N6.HI/c1-16-12-17(2)27(25-16)19-7-6-18(13-23-19)14-24-20(22-3)26-11-10-21(15-26)8-4-5-9-21;/h6-7,12-13H,4-5,8-11,14-15H2,1-3H3,(H,22,24);1H. The van der Waals surface area contributed by atoms with Gasteiger partial charge in [0.1, 0.15) is 0 Å². The lowest BCUT2D eigenvalue weighted by atomic mass is 9.86. The largest absolute Gasteiger partial charge is 0.352 e. The van der Waals surface area contributed by atoms with E-state index < -0.39 is 0 Å². The number of hydrogen-bond donors (Lipinski definition) is 1. The summed E-state index contributed by atoms with van der Waals surface area (Å²) in [6.07, 6.45) is 8.80. The summed E-state index contributed by atoms with van der Waals surface area (Å²) in [7, 11) is 1.88. The Kier molecular flexibility index (Phi) is 6.62. The van der Waals surface area contributed by atoms with Gasteiger partial charge in [0.05, 0.1) is 5.69 Å². The first-order valence-electron chi connectivity index (χ1n) is 10.0. The van der Waals surface area contributed by atoms with Crippen LogP contribution in [-0.2, 0) is 6.54 Å². The highest BCUT2D eigenvalue weighted by molar-refractivity contribution is 14.0. The van der Waals surface area contributed by atoms with E-state index in [4.69, 9.17) is 0 Å². The molecule has 4 rings (SSSR count). The van der Waals surface area contributed by atoms with Crippen LogP contribution in [0.15, 0.2) is 29.4 Å². The van der Waals surface area contributed by atoms with Gasteiger partial charge in [0.15, 0.2) is 11.8 Å². The van der Waals surface area contributed by atoms with Gasteiger partial charge in [-0.3, -0.25) is 4.99 Å². The molecule has 0 radical (unpaired) electrons. The fourth-order valence-corrected chi connectivity index (χ4v) is 4.67. The summed E-state index contributed by atoms with van der Waals surface area (Å²) in [6.45, 7) is 7.06. The zero-order valence-electron chi connectivity index (χ0n) is 17.1. The zero-order valence-corrected chi connectivity index (χ0v) is 19.4. The van der Waals surface area contributed by atoms with Crippen molar-refractivity contribution < 1.29 is 0 Å². The van der Waals surface area contributed by atoms with Crippen LogP contribution in [0, 0.1) is 19.3 Å². The molecule has 1 saturated carbocycles. The van der Waals surface area contributed by atoms with Gasteiger partial charge in [-0.2, -0.15) is 5.10 Å². The molecule has 2 aromatic rings. The van der Waals surface area contributed by atoms with Gasteiger partial charge in [0.25, 0.3) is 0 Å². The van der Waals surface area contributed by atoms with Crippen molar-refractivity contribution in [3.8, 4) is 5.82 Å². The molecule has 0 atom stereocenters. The van der Waals surface area contributed by atoms with Crippen LogP contribution in [0.4, 0.5) is 0 Å². The minimum absolute atomic E-state index is 0. The lowest BCUT2D eigenvalue weighted by molar-refractivity contribution is 0.309. The van der Waals surface area contributed by atoms with Crippen molar-refractivity contribution >= 4 is 29.9 Å². The molecule has 2 fully saturated rings. The number of aliphatic imine (C=N–C) groups is 1. The second-order valence-corrected chi connectivity index (χ2v) is 8.14. The van der Waals surface area contributed by atoms with Gasteiger partial charge in [0.2, 0.25) is 0 Å². The molecule has 1 aliphatic carbocycles. The third kappa shape index (κ3) is 4.34. The molecular weight excluding hydrogens is 463 g/mol. The number of hydrogen-bond acceptors (Lipinski definition) is 3. The van der Waals surface area contributed by atoms with E-state index in [1.807, 2.05) is 37.8 Å². The molecule has 0 bridgehead atoms. The molecule has 1 N–H and O–H groups in total. The van der Waals surface area contributed by atoms with E-state index in [1.54, 1.807) is 0 Å². The molecule has 0 aromatic carbocycles. The molecule has 1 aliphatic heterocycles. The molecule has 2 aromatic heterocycles. The number of aryl methyl sites for hydroxylation is 2. The maximum Gasteiger partial charge on any atom is 0.193 e. The molecule has 1 saturated heterocycles. The van der Waals surface area contributed by atoms with Crippen molar-refractivity contribution in [3.63, 3.8) is 0 Å². The highest BCUT2D eigenvalue weighted by atomic mass is 127. The van der Waals surface area contributed by atoms with Crippen LogP contribution in [-0.4, -0.2) is 45.8 Å². The maximum absolute atomic E-state index is 4.59. The van der Waals surface area contributed by atoms with E-state index in [0.717, 1.165) is 48.4 Å². The lowest BCUT2D eigenvalue weighted by Gasteiger charge is -2.26. The average Bonchev–Trinajstić information content (AvgIpc) is 3.38. The number of pyridine rings is 1. The first kappa shape index (κ1) is 21.1. The predicted molar refractivity (Wildman–Crippen MR) is 124 cm³/mol. The maximum atomic E-state index is 4.59.